The Morgan fingerprint density at radius 2 is 2.00 bits per heavy atom. The normalized spacial score (nSPS) is 10.3. The highest BCUT2D eigenvalue weighted by Gasteiger charge is 2.07. The highest BCUT2D eigenvalue weighted by molar-refractivity contribution is 14.1. The average molecular weight is 360 g/mol. The lowest BCUT2D eigenvalue weighted by molar-refractivity contribution is 0.885. The fraction of sp³-hybridized carbons (Fsp3) is 0.167. The highest BCUT2D eigenvalue weighted by Crippen LogP contribution is 2.19. The van der Waals surface area contributed by atoms with Gasteiger partial charge in [-0.05, 0) is 40.3 Å². The third kappa shape index (κ3) is 3.29. The van der Waals surface area contributed by atoms with Crippen LogP contribution in [0.1, 0.15) is 5.56 Å². The Bertz CT molecular complexity index is 501. The standard InChI is InChI=1S/C12H11ClIN3/c1-17(12-11(14)6-15-8-16-12)7-9-2-4-10(13)5-3-9/h2-6,8H,7H2,1H3. The van der Waals surface area contributed by atoms with Gasteiger partial charge >= 0.3 is 0 Å². The van der Waals surface area contributed by atoms with Crippen LogP contribution in [0.15, 0.2) is 36.8 Å². The van der Waals surface area contributed by atoms with Crippen LogP contribution in [-0.2, 0) is 6.54 Å². The van der Waals surface area contributed by atoms with E-state index in [-0.39, 0.29) is 0 Å². The Morgan fingerprint density at radius 3 is 2.65 bits per heavy atom. The molecule has 0 aliphatic carbocycles. The Labute approximate surface area is 119 Å². The maximum absolute atomic E-state index is 5.86. The highest BCUT2D eigenvalue weighted by atomic mass is 127. The molecule has 1 aromatic heterocycles. The minimum atomic E-state index is 0.757. The van der Waals surface area contributed by atoms with Crippen molar-refractivity contribution in [1.82, 2.24) is 9.97 Å². The summed E-state index contributed by atoms with van der Waals surface area (Å²) >= 11 is 8.09. The summed E-state index contributed by atoms with van der Waals surface area (Å²) in [7, 11) is 2.01. The van der Waals surface area contributed by atoms with E-state index in [1.165, 1.54) is 5.56 Å². The maximum atomic E-state index is 5.86. The Morgan fingerprint density at radius 1 is 1.29 bits per heavy atom. The van der Waals surface area contributed by atoms with Gasteiger partial charge in [-0.15, -0.1) is 0 Å². The minimum Gasteiger partial charge on any atom is -0.354 e. The number of rotatable bonds is 3. The molecular weight excluding hydrogens is 349 g/mol. The molecule has 0 N–H and O–H groups in total. The van der Waals surface area contributed by atoms with Gasteiger partial charge in [-0.2, -0.15) is 0 Å². The lowest BCUT2D eigenvalue weighted by Gasteiger charge is -2.19. The summed E-state index contributed by atoms with van der Waals surface area (Å²) in [5.41, 5.74) is 1.20. The molecule has 0 aliphatic heterocycles. The molecule has 3 nitrogen and oxygen atoms in total. The third-order valence-corrected chi connectivity index (χ3v) is 3.36. The minimum absolute atomic E-state index is 0.757. The topological polar surface area (TPSA) is 29.0 Å². The molecule has 0 spiro atoms. The van der Waals surface area contributed by atoms with Crippen molar-refractivity contribution in [2.75, 3.05) is 11.9 Å². The van der Waals surface area contributed by atoms with Gasteiger partial charge < -0.3 is 4.90 Å². The van der Waals surface area contributed by atoms with Crippen LogP contribution in [0.5, 0.6) is 0 Å². The van der Waals surface area contributed by atoms with Gasteiger partial charge in [0.05, 0.1) is 3.57 Å². The quantitative estimate of drug-likeness (QED) is 0.787. The molecule has 0 saturated carbocycles. The van der Waals surface area contributed by atoms with Gasteiger partial charge in [-0.3, -0.25) is 0 Å². The van der Waals surface area contributed by atoms with E-state index < -0.39 is 0 Å². The van der Waals surface area contributed by atoms with Crippen LogP contribution < -0.4 is 4.90 Å². The second kappa shape index (κ2) is 5.64. The van der Waals surface area contributed by atoms with Crippen LogP contribution in [0, 0.1) is 3.57 Å². The van der Waals surface area contributed by atoms with Gasteiger partial charge in [0.1, 0.15) is 12.1 Å². The van der Waals surface area contributed by atoms with E-state index >= 15 is 0 Å². The monoisotopic (exact) mass is 359 g/mol. The van der Waals surface area contributed by atoms with Crippen LogP contribution in [0.2, 0.25) is 5.02 Å². The van der Waals surface area contributed by atoms with E-state index in [4.69, 9.17) is 11.6 Å². The zero-order valence-electron chi connectivity index (χ0n) is 9.27. The third-order valence-electron chi connectivity index (χ3n) is 2.34. The number of hydrogen-bond acceptors (Lipinski definition) is 3. The smallest absolute Gasteiger partial charge is 0.145 e. The Hall–Kier alpha value is -0.880. The first-order valence-electron chi connectivity index (χ1n) is 5.08. The molecule has 0 bridgehead atoms. The largest absolute Gasteiger partial charge is 0.354 e. The van der Waals surface area contributed by atoms with Crippen LogP contribution in [0.4, 0.5) is 5.82 Å². The molecule has 17 heavy (non-hydrogen) atoms. The number of benzene rings is 1. The molecular formula is C12H11ClIN3. The predicted octanol–water partition coefficient (Wildman–Crippen LogP) is 3.37. The fourth-order valence-electron chi connectivity index (χ4n) is 1.53. The van der Waals surface area contributed by atoms with E-state index in [2.05, 4.69) is 37.5 Å². The molecule has 2 rings (SSSR count). The number of hydrogen-bond donors (Lipinski definition) is 0. The summed E-state index contributed by atoms with van der Waals surface area (Å²) in [6.45, 7) is 0.796. The van der Waals surface area contributed by atoms with Crippen LogP contribution in [-0.4, -0.2) is 17.0 Å². The van der Waals surface area contributed by atoms with Crippen molar-refractivity contribution >= 4 is 40.0 Å². The SMILES string of the molecule is CN(Cc1ccc(Cl)cc1)c1ncncc1I. The summed E-state index contributed by atoms with van der Waals surface area (Å²) in [5, 5.41) is 0.757. The van der Waals surface area contributed by atoms with Gasteiger partial charge in [0, 0.05) is 24.8 Å². The van der Waals surface area contributed by atoms with Gasteiger partial charge in [0.15, 0.2) is 0 Å². The number of aromatic nitrogens is 2. The molecule has 0 aliphatic rings. The van der Waals surface area contributed by atoms with Crippen molar-refractivity contribution in [3.63, 3.8) is 0 Å². The first kappa shape index (κ1) is 12.6. The van der Waals surface area contributed by atoms with Crippen molar-refractivity contribution in [2.24, 2.45) is 0 Å². The lowest BCUT2D eigenvalue weighted by Crippen LogP contribution is -2.18. The molecule has 0 amide bonds. The predicted molar refractivity (Wildman–Crippen MR) is 78.3 cm³/mol. The molecule has 0 fully saturated rings. The molecule has 1 aromatic carbocycles. The number of halogens is 2. The summed E-state index contributed by atoms with van der Waals surface area (Å²) in [6.07, 6.45) is 3.37. The molecule has 5 heteroatoms. The van der Waals surface area contributed by atoms with Gasteiger partial charge in [0.2, 0.25) is 0 Å². The lowest BCUT2D eigenvalue weighted by atomic mass is 10.2. The summed E-state index contributed by atoms with van der Waals surface area (Å²) in [4.78, 5) is 10.3. The Balaban J connectivity index is 2.14. The van der Waals surface area contributed by atoms with E-state index in [1.807, 2.05) is 31.3 Å². The molecule has 0 saturated heterocycles. The zero-order valence-corrected chi connectivity index (χ0v) is 12.2. The van der Waals surface area contributed by atoms with Crippen molar-refractivity contribution in [3.8, 4) is 0 Å². The fourth-order valence-corrected chi connectivity index (χ4v) is 2.36. The van der Waals surface area contributed by atoms with E-state index in [0.717, 1.165) is 21.0 Å². The molecule has 0 radical (unpaired) electrons. The van der Waals surface area contributed by atoms with Gasteiger partial charge in [0.25, 0.3) is 0 Å². The van der Waals surface area contributed by atoms with Crippen LogP contribution >= 0.6 is 34.2 Å². The van der Waals surface area contributed by atoms with Crippen LogP contribution in [0.25, 0.3) is 0 Å². The molecule has 2 aromatic rings. The average Bonchev–Trinajstić information content (AvgIpc) is 2.32. The summed E-state index contributed by atoms with van der Waals surface area (Å²) < 4.78 is 1.04. The van der Waals surface area contributed by atoms with Crippen molar-refractivity contribution in [3.05, 3.63) is 50.9 Å². The first-order valence-corrected chi connectivity index (χ1v) is 6.53. The molecule has 0 atom stereocenters. The second-order valence-corrected chi connectivity index (χ2v) is 5.28. The first-order chi connectivity index (χ1) is 8.16. The number of anilines is 1. The molecule has 88 valence electrons. The maximum Gasteiger partial charge on any atom is 0.145 e. The zero-order chi connectivity index (χ0) is 12.3. The molecule has 0 unspecified atom stereocenters. The van der Waals surface area contributed by atoms with Gasteiger partial charge in [-0.1, -0.05) is 23.7 Å². The van der Waals surface area contributed by atoms with Crippen molar-refractivity contribution < 1.29 is 0 Å². The number of nitrogens with zero attached hydrogens (tertiary/aromatic N) is 3. The van der Waals surface area contributed by atoms with Crippen LogP contribution in [0.3, 0.4) is 0 Å². The Kier molecular flexibility index (Phi) is 4.17. The van der Waals surface area contributed by atoms with Crippen molar-refractivity contribution in [2.45, 2.75) is 6.54 Å². The summed E-state index contributed by atoms with van der Waals surface area (Å²) in [5.74, 6) is 0.940. The molecule has 1 heterocycles. The van der Waals surface area contributed by atoms with Crippen molar-refractivity contribution in [1.29, 1.82) is 0 Å². The van der Waals surface area contributed by atoms with E-state index in [0.29, 0.717) is 0 Å². The van der Waals surface area contributed by atoms with E-state index in [9.17, 15) is 0 Å². The second-order valence-electron chi connectivity index (χ2n) is 3.68. The van der Waals surface area contributed by atoms with Gasteiger partial charge in [-0.25, -0.2) is 9.97 Å². The van der Waals surface area contributed by atoms with E-state index in [1.54, 1.807) is 12.5 Å². The summed E-state index contributed by atoms with van der Waals surface area (Å²) in [6, 6.07) is 7.84.